The molecular weight excluding hydrogens is 552 g/mol. The summed E-state index contributed by atoms with van der Waals surface area (Å²) in [6.07, 6.45) is 1.81. The van der Waals surface area contributed by atoms with Gasteiger partial charge in [0.2, 0.25) is 0 Å². The third-order valence-corrected chi connectivity index (χ3v) is 7.76. The van der Waals surface area contributed by atoms with Gasteiger partial charge in [-0.05, 0) is 67.8 Å². The van der Waals surface area contributed by atoms with Crippen LogP contribution in [-0.4, -0.2) is 30.9 Å². The highest BCUT2D eigenvalue weighted by Crippen LogP contribution is 2.37. The zero-order valence-electron chi connectivity index (χ0n) is 24.0. The molecule has 0 bridgehead atoms. The number of methoxy groups -OCH3 is 1. The Morgan fingerprint density at radius 1 is 0.976 bits per heavy atom. The Hall–Kier alpha value is -4.63. The van der Waals surface area contributed by atoms with Crippen molar-refractivity contribution in [3.63, 3.8) is 0 Å². The van der Waals surface area contributed by atoms with Gasteiger partial charge in [0, 0.05) is 5.70 Å². The summed E-state index contributed by atoms with van der Waals surface area (Å²) in [7, 11) is 1.61. The number of carbonyl (C=O) groups excluding carboxylic acids is 1. The molecule has 42 heavy (non-hydrogen) atoms. The Morgan fingerprint density at radius 3 is 2.43 bits per heavy atom. The van der Waals surface area contributed by atoms with Crippen LogP contribution in [-0.2, 0) is 16.1 Å². The molecule has 1 aromatic heterocycles. The van der Waals surface area contributed by atoms with Crippen molar-refractivity contribution in [2.24, 2.45) is 4.99 Å². The molecule has 0 unspecified atom stereocenters. The van der Waals surface area contributed by atoms with E-state index in [0.717, 1.165) is 22.4 Å². The van der Waals surface area contributed by atoms with Gasteiger partial charge >= 0.3 is 5.97 Å². The molecule has 0 aliphatic carbocycles. The first kappa shape index (κ1) is 28.9. The van der Waals surface area contributed by atoms with Crippen molar-refractivity contribution < 1.29 is 23.7 Å². The fourth-order valence-corrected chi connectivity index (χ4v) is 5.77. The minimum atomic E-state index is -0.696. The molecule has 216 valence electrons. The highest BCUT2D eigenvalue weighted by Gasteiger charge is 2.32. The number of benzene rings is 3. The number of carbonyl (C=O) groups is 1. The van der Waals surface area contributed by atoms with Crippen molar-refractivity contribution in [1.29, 1.82) is 0 Å². The second-order valence-electron chi connectivity index (χ2n) is 9.47. The molecule has 1 atom stereocenters. The van der Waals surface area contributed by atoms with Gasteiger partial charge in [0.25, 0.3) is 5.56 Å². The largest absolute Gasteiger partial charge is 0.497 e. The highest BCUT2D eigenvalue weighted by atomic mass is 32.1. The number of hydrogen-bond acceptors (Lipinski definition) is 8. The lowest BCUT2D eigenvalue weighted by molar-refractivity contribution is -0.138. The topological polar surface area (TPSA) is 88.4 Å². The van der Waals surface area contributed by atoms with Crippen LogP contribution < -0.4 is 29.1 Å². The average molecular weight is 585 g/mol. The van der Waals surface area contributed by atoms with Crippen LogP contribution in [0.5, 0.6) is 17.2 Å². The van der Waals surface area contributed by atoms with E-state index in [9.17, 15) is 9.59 Å². The van der Waals surface area contributed by atoms with E-state index in [0.29, 0.717) is 45.3 Å². The molecule has 0 saturated carbocycles. The van der Waals surface area contributed by atoms with E-state index in [-0.39, 0.29) is 12.2 Å². The number of fused-ring (bicyclic) bond motifs is 1. The Labute approximate surface area is 247 Å². The lowest BCUT2D eigenvalue weighted by atomic mass is 9.96. The molecule has 0 radical (unpaired) electrons. The maximum atomic E-state index is 13.5. The number of esters is 1. The quantitative estimate of drug-likeness (QED) is 0.247. The van der Waals surface area contributed by atoms with Crippen LogP contribution in [0.25, 0.3) is 11.8 Å². The van der Waals surface area contributed by atoms with E-state index in [4.69, 9.17) is 23.9 Å². The minimum Gasteiger partial charge on any atom is -0.497 e. The van der Waals surface area contributed by atoms with E-state index in [1.807, 2.05) is 85.8 Å². The molecule has 0 saturated heterocycles. The average Bonchev–Trinajstić information content (AvgIpc) is 3.32. The summed E-state index contributed by atoms with van der Waals surface area (Å²) in [6.45, 7) is 6.42. The monoisotopic (exact) mass is 584 g/mol. The maximum absolute atomic E-state index is 13.5. The van der Waals surface area contributed by atoms with Crippen molar-refractivity contribution in [2.45, 2.75) is 33.4 Å². The van der Waals surface area contributed by atoms with Crippen LogP contribution in [0.15, 0.2) is 88.2 Å². The minimum absolute atomic E-state index is 0.195. The van der Waals surface area contributed by atoms with Crippen LogP contribution in [0, 0.1) is 0 Å². The number of allylic oxidation sites excluding steroid dienone is 1. The van der Waals surface area contributed by atoms with Gasteiger partial charge in [0.1, 0.15) is 18.4 Å². The number of aromatic nitrogens is 1. The van der Waals surface area contributed by atoms with Crippen molar-refractivity contribution >= 4 is 29.1 Å². The van der Waals surface area contributed by atoms with Gasteiger partial charge in [0.15, 0.2) is 16.3 Å². The van der Waals surface area contributed by atoms with Crippen LogP contribution in [0.3, 0.4) is 0 Å². The summed E-state index contributed by atoms with van der Waals surface area (Å²) in [5.41, 5.74) is 3.16. The van der Waals surface area contributed by atoms with E-state index >= 15 is 0 Å². The summed E-state index contributed by atoms with van der Waals surface area (Å²) in [5.74, 6) is 1.34. The molecule has 4 aromatic rings. The molecular formula is C33H32N2O6S. The predicted molar refractivity (Wildman–Crippen MR) is 163 cm³/mol. The summed E-state index contributed by atoms with van der Waals surface area (Å²) >= 11 is 1.27. The normalized spacial score (nSPS) is 14.7. The Bertz CT molecular complexity index is 1790. The molecule has 3 aromatic carbocycles. The van der Waals surface area contributed by atoms with Crippen LogP contribution in [0.2, 0.25) is 0 Å². The van der Waals surface area contributed by atoms with Crippen LogP contribution >= 0.6 is 11.3 Å². The second-order valence-corrected chi connectivity index (χ2v) is 10.5. The molecule has 8 nitrogen and oxygen atoms in total. The number of nitrogens with zero attached hydrogens (tertiary/aromatic N) is 2. The van der Waals surface area contributed by atoms with Crippen molar-refractivity contribution in [1.82, 2.24) is 4.57 Å². The zero-order chi connectivity index (χ0) is 29.6. The molecule has 0 fully saturated rings. The van der Waals surface area contributed by atoms with E-state index in [1.165, 1.54) is 15.9 Å². The molecule has 5 rings (SSSR count). The smallest absolute Gasteiger partial charge is 0.338 e. The maximum Gasteiger partial charge on any atom is 0.338 e. The lowest BCUT2D eigenvalue weighted by Gasteiger charge is -2.23. The fraction of sp³-hybridized carbons (Fsp3) is 0.242. The molecule has 1 aliphatic heterocycles. The zero-order valence-corrected chi connectivity index (χ0v) is 24.8. The SMILES string of the molecule is CCOC(=O)C1=C(C)n2c(s/c(=C\c3ccc(OC)cc3)c2=O)=N[C@@H]1c1ccc(OCc2ccccc2)c(OCC)c1. The van der Waals surface area contributed by atoms with Gasteiger partial charge in [-0.1, -0.05) is 59.9 Å². The van der Waals surface area contributed by atoms with Crippen LogP contribution in [0.4, 0.5) is 0 Å². The van der Waals surface area contributed by atoms with E-state index < -0.39 is 12.0 Å². The number of rotatable bonds is 10. The van der Waals surface area contributed by atoms with Gasteiger partial charge < -0.3 is 18.9 Å². The van der Waals surface area contributed by atoms with Crippen LogP contribution in [0.1, 0.15) is 43.5 Å². The third kappa shape index (κ3) is 6.01. The first-order valence-corrected chi connectivity index (χ1v) is 14.5. The number of ether oxygens (including phenoxy) is 4. The summed E-state index contributed by atoms with van der Waals surface area (Å²) < 4.78 is 24.7. The van der Waals surface area contributed by atoms with Crippen molar-refractivity contribution in [2.75, 3.05) is 20.3 Å². The van der Waals surface area contributed by atoms with Gasteiger partial charge in [0.05, 0.1) is 30.4 Å². The molecule has 9 heteroatoms. The molecule has 0 amide bonds. The van der Waals surface area contributed by atoms with Gasteiger partial charge in [-0.15, -0.1) is 0 Å². The number of thiazole rings is 1. The van der Waals surface area contributed by atoms with E-state index in [2.05, 4.69) is 0 Å². The standard InChI is InChI=1S/C33H32N2O6S/c1-5-39-27-19-24(14-17-26(27)41-20-23-10-8-7-9-11-23)30-29(32(37)40-6-2)21(3)35-31(36)28(42-33(35)34-30)18-22-12-15-25(38-4)16-13-22/h7-19,30H,5-6,20H2,1-4H3/b28-18-/t30-/m1/s1. The van der Waals surface area contributed by atoms with Crippen molar-refractivity contribution in [3.8, 4) is 17.2 Å². The lowest BCUT2D eigenvalue weighted by Crippen LogP contribution is -2.35. The Balaban J connectivity index is 1.59. The fourth-order valence-electron chi connectivity index (χ4n) is 4.73. The first-order chi connectivity index (χ1) is 20.4. The number of hydrogen-bond donors (Lipinski definition) is 0. The summed E-state index contributed by atoms with van der Waals surface area (Å²) in [6, 6.07) is 22.2. The summed E-state index contributed by atoms with van der Waals surface area (Å²) in [5, 5.41) is 0. The van der Waals surface area contributed by atoms with Crippen molar-refractivity contribution in [3.05, 3.63) is 115 Å². The first-order valence-electron chi connectivity index (χ1n) is 13.7. The molecule has 2 heterocycles. The van der Waals surface area contributed by atoms with E-state index in [1.54, 1.807) is 21.0 Å². The summed E-state index contributed by atoms with van der Waals surface area (Å²) in [4.78, 5) is 32.2. The molecule has 0 spiro atoms. The molecule has 0 N–H and O–H groups in total. The van der Waals surface area contributed by atoms with Gasteiger partial charge in [-0.3, -0.25) is 9.36 Å². The second kappa shape index (κ2) is 12.9. The third-order valence-electron chi connectivity index (χ3n) is 6.77. The molecule has 1 aliphatic rings. The van der Waals surface area contributed by atoms with Gasteiger partial charge in [-0.2, -0.15) is 0 Å². The predicted octanol–water partition coefficient (Wildman–Crippen LogP) is 4.89. The Kier molecular flexibility index (Phi) is 8.88. The Morgan fingerprint density at radius 2 is 1.74 bits per heavy atom. The highest BCUT2D eigenvalue weighted by molar-refractivity contribution is 7.07. The van der Waals surface area contributed by atoms with Gasteiger partial charge in [-0.25, -0.2) is 9.79 Å².